The maximum atomic E-state index is 8.49. The SMILES string of the molecule is Cc1cc(C)c(-n2cc[n+](-c3c(C)cc(C)cc3C)c2)c(C)c1.[O-][Cl+3]([O-])([O-])[O-]. The van der Waals surface area contributed by atoms with Crippen LogP contribution in [-0.4, -0.2) is 4.57 Å². The van der Waals surface area contributed by atoms with Gasteiger partial charge in [0, 0.05) is 0 Å². The molecule has 0 aliphatic heterocycles. The van der Waals surface area contributed by atoms with Crippen molar-refractivity contribution in [3.8, 4) is 11.4 Å². The number of hydrogen-bond acceptors (Lipinski definition) is 4. The molecule has 0 atom stereocenters. The van der Waals surface area contributed by atoms with Gasteiger partial charge < -0.3 is 0 Å². The molecule has 0 unspecified atom stereocenters. The molecular formula is C21H25ClN2O4. The third kappa shape index (κ3) is 5.64. The summed E-state index contributed by atoms with van der Waals surface area (Å²) < 4.78 is 38.4. The molecule has 7 heteroatoms. The first-order valence-corrected chi connectivity index (χ1v) is 9.97. The Morgan fingerprint density at radius 1 is 0.714 bits per heavy atom. The highest BCUT2D eigenvalue weighted by molar-refractivity contribution is 5.49. The van der Waals surface area contributed by atoms with E-state index in [1.807, 2.05) is 0 Å². The molecule has 0 amide bonds. The Bertz CT molecular complexity index is 866. The summed E-state index contributed by atoms with van der Waals surface area (Å²) >= 11 is 0. The number of rotatable bonds is 2. The van der Waals surface area contributed by atoms with Gasteiger partial charge in [0.2, 0.25) is 0 Å². The number of halogens is 1. The average Bonchev–Trinajstić information content (AvgIpc) is 2.92. The highest BCUT2D eigenvalue weighted by Gasteiger charge is 2.16. The second kappa shape index (κ2) is 8.43. The molecule has 28 heavy (non-hydrogen) atoms. The van der Waals surface area contributed by atoms with Crippen LogP contribution in [0.5, 0.6) is 0 Å². The zero-order valence-electron chi connectivity index (χ0n) is 16.9. The van der Waals surface area contributed by atoms with Crippen molar-refractivity contribution in [2.45, 2.75) is 41.5 Å². The van der Waals surface area contributed by atoms with Crippen LogP contribution in [0.3, 0.4) is 0 Å². The highest BCUT2D eigenvalue weighted by Crippen LogP contribution is 2.21. The lowest BCUT2D eigenvalue weighted by molar-refractivity contribution is -2.00. The van der Waals surface area contributed by atoms with Crippen molar-refractivity contribution in [1.82, 2.24) is 4.57 Å². The summed E-state index contributed by atoms with van der Waals surface area (Å²) in [4.78, 5) is 0. The molecule has 0 radical (unpaired) electrons. The fourth-order valence-electron chi connectivity index (χ4n) is 3.78. The Labute approximate surface area is 167 Å². The minimum absolute atomic E-state index is 1.27. The van der Waals surface area contributed by atoms with Gasteiger partial charge in [-0.2, -0.15) is 0 Å². The largest absolute Gasteiger partial charge is 0.254 e. The van der Waals surface area contributed by atoms with Crippen LogP contribution in [0.15, 0.2) is 43.0 Å². The first kappa shape index (κ1) is 22.1. The van der Waals surface area contributed by atoms with E-state index >= 15 is 0 Å². The number of benzene rings is 2. The normalized spacial score (nSPS) is 11.2. The Kier molecular flexibility index (Phi) is 6.64. The third-order valence-corrected chi connectivity index (χ3v) is 4.42. The van der Waals surface area contributed by atoms with Gasteiger partial charge in [0.05, 0.1) is 0 Å². The number of imidazole rings is 1. The number of nitrogens with zero attached hydrogens (tertiary/aromatic N) is 2. The van der Waals surface area contributed by atoms with Gasteiger partial charge in [0.15, 0.2) is 0 Å². The zero-order chi connectivity index (χ0) is 21.2. The number of aryl methyl sites for hydroxylation is 6. The summed E-state index contributed by atoms with van der Waals surface area (Å²) in [7, 11) is -4.94. The molecule has 0 fully saturated rings. The molecule has 0 aliphatic carbocycles. The molecule has 1 aromatic heterocycles. The van der Waals surface area contributed by atoms with Crippen LogP contribution in [0, 0.1) is 51.8 Å². The molecule has 3 aromatic rings. The van der Waals surface area contributed by atoms with Crippen LogP contribution >= 0.6 is 0 Å². The predicted octanol–water partition coefficient (Wildman–Crippen LogP) is -0.151. The van der Waals surface area contributed by atoms with Gasteiger partial charge in [-0.3, -0.25) is 0 Å². The second-order valence-corrected chi connectivity index (χ2v) is 7.86. The fourth-order valence-corrected chi connectivity index (χ4v) is 3.78. The van der Waals surface area contributed by atoms with Crippen LogP contribution < -0.4 is 23.2 Å². The molecule has 2 aromatic carbocycles. The summed E-state index contributed by atoms with van der Waals surface area (Å²) in [5.74, 6) is 0. The van der Waals surface area contributed by atoms with Gasteiger partial charge in [-0.25, -0.2) is 27.8 Å². The summed E-state index contributed by atoms with van der Waals surface area (Å²) in [5, 5.41) is 0. The standard InChI is InChI=1S/C21H25N2.ClHO4/c1-14-9-16(3)20(17(4)10-14)22-7-8-23(13-22)21-18(5)11-15(2)12-19(21)6;2-1(3,4)5/h7-13H,1-6H3;(H,2,3,4,5)/q+1;/p-1. The Hall–Kier alpha value is -2.22. The molecular weight excluding hydrogens is 380 g/mol. The Balaban J connectivity index is 0.000000500. The van der Waals surface area contributed by atoms with E-state index in [9.17, 15) is 0 Å². The van der Waals surface area contributed by atoms with Crippen LogP contribution in [0.1, 0.15) is 33.4 Å². The second-order valence-electron chi connectivity index (χ2n) is 7.10. The predicted molar refractivity (Wildman–Crippen MR) is 95.7 cm³/mol. The van der Waals surface area contributed by atoms with Gasteiger partial charge >= 0.3 is 0 Å². The van der Waals surface area contributed by atoms with Crippen molar-refractivity contribution in [2.24, 2.45) is 0 Å². The Morgan fingerprint density at radius 3 is 1.54 bits per heavy atom. The van der Waals surface area contributed by atoms with Crippen LogP contribution in [0.25, 0.3) is 11.4 Å². The van der Waals surface area contributed by atoms with Crippen molar-refractivity contribution < 1.29 is 33.4 Å². The van der Waals surface area contributed by atoms with E-state index in [1.54, 1.807) is 0 Å². The van der Waals surface area contributed by atoms with Crippen molar-refractivity contribution in [3.05, 3.63) is 76.4 Å². The van der Waals surface area contributed by atoms with Gasteiger partial charge in [0.1, 0.15) is 23.8 Å². The first-order chi connectivity index (χ1) is 12.9. The molecule has 3 rings (SSSR count). The van der Waals surface area contributed by atoms with E-state index in [4.69, 9.17) is 18.6 Å². The van der Waals surface area contributed by atoms with Crippen LogP contribution in [-0.2, 0) is 0 Å². The minimum atomic E-state index is -4.94. The fraction of sp³-hybridized carbons (Fsp3) is 0.286. The number of hydrogen-bond donors (Lipinski definition) is 0. The molecule has 150 valence electrons. The van der Waals surface area contributed by atoms with Crippen LogP contribution in [0.4, 0.5) is 0 Å². The van der Waals surface area contributed by atoms with Gasteiger partial charge in [-0.05, 0) is 63.8 Å². The van der Waals surface area contributed by atoms with E-state index in [0.29, 0.717) is 0 Å². The van der Waals surface area contributed by atoms with E-state index in [-0.39, 0.29) is 0 Å². The quantitative estimate of drug-likeness (QED) is 0.554. The van der Waals surface area contributed by atoms with Crippen molar-refractivity contribution in [3.63, 3.8) is 0 Å². The van der Waals surface area contributed by atoms with Gasteiger partial charge in [-0.15, -0.1) is 10.2 Å². The topological polar surface area (TPSA) is 101 Å². The molecule has 1 heterocycles. The molecule has 0 bridgehead atoms. The summed E-state index contributed by atoms with van der Waals surface area (Å²) in [5.41, 5.74) is 10.4. The lowest BCUT2D eigenvalue weighted by Gasteiger charge is -2.17. The molecule has 0 aliphatic rings. The molecule has 6 nitrogen and oxygen atoms in total. The number of aromatic nitrogens is 2. The van der Waals surface area contributed by atoms with E-state index < -0.39 is 10.2 Å². The van der Waals surface area contributed by atoms with Crippen molar-refractivity contribution in [1.29, 1.82) is 0 Å². The lowest BCUT2D eigenvalue weighted by Crippen LogP contribution is -2.68. The zero-order valence-corrected chi connectivity index (χ0v) is 17.7. The maximum Gasteiger partial charge on any atom is 0.254 e. The van der Waals surface area contributed by atoms with Crippen LogP contribution in [0.2, 0.25) is 0 Å². The van der Waals surface area contributed by atoms with E-state index in [2.05, 4.69) is 93.7 Å². The summed E-state index contributed by atoms with van der Waals surface area (Å²) in [6.07, 6.45) is 6.46. The summed E-state index contributed by atoms with van der Waals surface area (Å²) in [6, 6.07) is 8.98. The molecule has 0 saturated carbocycles. The van der Waals surface area contributed by atoms with E-state index in [0.717, 1.165) is 0 Å². The van der Waals surface area contributed by atoms with Gasteiger partial charge in [-0.1, -0.05) is 35.4 Å². The van der Waals surface area contributed by atoms with Crippen molar-refractivity contribution in [2.75, 3.05) is 0 Å². The molecule has 0 spiro atoms. The Morgan fingerprint density at radius 2 is 1.11 bits per heavy atom. The monoisotopic (exact) mass is 404 g/mol. The van der Waals surface area contributed by atoms with Crippen molar-refractivity contribution >= 4 is 0 Å². The first-order valence-electron chi connectivity index (χ1n) is 8.74. The minimum Gasteiger partial charge on any atom is -0.222 e. The molecule has 0 saturated heterocycles. The summed E-state index contributed by atoms with van der Waals surface area (Å²) in [6.45, 7) is 13.0. The lowest BCUT2D eigenvalue weighted by atomic mass is 10.0. The van der Waals surface area contributed by atoms with E-state index in [1.165, 1.54) is 44.8 Å². The molecule has 0 N–H and O–H groups in total. The highest BCUT2D eigenvalue weighted by atomic mass is 35.7. The third-order valence-electron chi connectivity index (χ3n) is 4.42. The van der Waals surface area contributed by atoms with Gasteiger partial charge in [0.25, 0.3) is 6.33 Å². The smallest absolute Gasteiger partial charge is 0.222 e. The maximum absolute atomic E-state index is 8.49. The average molecular weight is 405 g/mol.